The van der Waals surface area contributed by atoms with E-state index >= 15 is 0 Å². The summed E-state index contributed by atoms with van der Waals surface area (Å²) in [5.41, 5.74) is 0. The Hall–Kier alpha value is -1.81. The largest absolute Gasteiger partial charge is 0.497 e. The predicted octanol–water partition coefficient (Wildman–Crippen LogP) is 2.68. The summed E-state index contributed by atoms with van der Waals surface area (Å²) in [6, 6.07) is 8.23. The molecule has 4 heteroatoms. The second-order valence-corrected chi connectivity index (χ2v) is 5.80. The van der Waals surface area contributed by atoms with Crippen molar-refractivity contribution in [2.75, 3.05) is 38.7 Å². The number of pyridine rings is 1. The van der Waals surface area contributed by atoms with Gasteiger partial charge in [-0.3, -0.25) is 0 Å². The number of hydrogen-bond acceptors (Lipinski definition) is 4. The Balaban J connectivity index is 1.87. The Morgan fingerprint density at radius 3 is 2.86 bits per heavy atom. The summed E-state index contributed by atoms with van der Waals surface area (Å²) in [5, 5.41) is 5.79. The zero-order chi connectivity index (χ0) is 14.7. The van der Waals surface area contributed by atoms with Crippen LogP contribution in [0, 0.1) is 5.92 Å². The summed E-state index contributed by atoms with van der Waals surface area (Å²) in [5.74, 6) is 2.68. The van der Waals surface area contributed by atoms with Crippen LogP contribution in [0.5, 0.6) is 5.75 Å². The van der Waals surface area contributed by atoms with E-state index in [1.165, 1.54) is 18.2 Å². The molecule has 1 aromatic heterocycles. The van der Waals surface area contributed by atoms with E-state index in [1.807, 2.05) is 12.3 Å². The molecule has 0 saturated carbocycles. The van der Waals surface area contributed by atoms with E-state index in [0.717, 1.165) is 42.5 Å². The van der Waals surface area contributed by atoms with Gasteiger partial charge in [0.25, 0.3) is 0 Å². The molecule has 0 amide bonds. The van der Waals surface area contributed by atoms with E-state index in [4.69, 9.17) is 4.74 Å². The first-order valence-corrected chi connectivity index (χ1v) is 7.62. The molecular formula is C17H23N3O. The van der Waals surface area contributed by atoms with Gasteiger partial charge in [0.05, 0.1) is 7.11 Å². The molecule has 4 nitrogen and oxygen atoms in total. The van der Waals surface area contributed by atoms with Gasteiger partial charge in [0, 0.05) is 25.2 Å². The van der Waals surface area contributed by atoms with E-state index in [-0.39, 0.29) is 0 Å². The first-order chi connectivity index (χ1) is 10.3. The maximum Gasteiger partial charge on any atom is 0.136 e. The Morgan fingerprint density at radius 1 is 1.29 bits per heavy atom. The molecule has 0 spiro atoms. The molecule has 3 rings (SSSR count). The average Bonchev–Trinajstić information content (AvgIpc) is 2.54. The minimum absolute atomic E-state index is 0.749. The van der Waals surface area contributed by atoms with E-state index in [0.29, 0.717) is 0 Å². The standard InChI is InChI=1S/C17H23N3O/c1-20(12-13-5-8-18-9-6-13)17-16-11-15(21-2)4-3-14(16)7-10-19-17/h3-4,7,10-11,13,18H,5-6,8-9,12H2,1-2H3. The highest BCUT2D eigenvalue weighted by atomic mass is 16.5. The number of aromatic nitrogens is 1. The van der Waals surface area contributed by atoms with Gasteiger partial charge in [-0.1, -0.05) is 6.07 Å². The number of piperidine rings is 1. The molecule has 1 saturated heterocycles. The molecule has 0 bridgehead atoms. The molecule has 1 aliphatic rings. The number of nitrogens with zero attached hydrogens (tertiary/aromatic N) is 2. The molecule has 112 valence electrons. The van der Waals surface area contributed by atoms with Crippen LogP contribution in [0.4, 0.5) is 5.82 Å². The molecule has 1 N–H and O–H groups in total. The van der Waals surface area contributed by atoms with Crippen LogP contribution in [0.15, 0.2) is 30.5 Å². The fourth-order valence-corrected chi connectivity index (χ4v) is 3.10. The van der Waals surface area contributed by atoms with E-state index in [1.54, 1.807) is 7.11 Å². The second kappa shape index (κ2) is 6.31. The predicted molar refractivity (Wildman–Crippen MR) is 87.2 cm³/mol. The lowest BCUT2D eigenvalue weighted by atomic mass is 9.97. The lowest BCUT2D eigenvalue weighted by Crippen LogP contribution is -2.34. The highest BCUT2D eigenvalue weighted by Gasteiger charge is 2.17. The number of fused-ring (bicyclic) bond motifs is 1. The van der Waals surface area contributed by atoms with Crippen LogP contribution in [0.3, 0.4) is 0 Å². The van der Waals surface area contributed by atoms with Gasteiger partial charge in [-0.05, 0) is 55.4 Å². The minimum Gasteiger partial charge on any atom is -0.497 e. The molecule has 0 aliphatic carbocycles. The average molecular weight is 285 g/mol. The summed E-state index contributed by atoms with van der Waals surface area (Å²) in [6.45, 7) is 3.33. The summed E-state index contributed by atoms with van der Waals surface area (Å²) in [4.78, 5) is 6.89. The molecule has 2 aromatic rings. The number of nitrogens with one attached hydrogen (secondary N) is 1. The van der Waals surface area contributed by atoms with Crippen LogP contribution in [0.1, 0.15) is 12.8 Å². The third-order valence-corrected chi connectivity index (χ3v) is 4.30. The van der Waals surface area contributed by atoms with Crippen molar-refractivity contribution in [3.8, 4) is 5.75 Å². The van der Waals surface area contributed by atoms with Crippen LogP contribution >= 0.6 is 0 Å². The third-order valence-electron chi connectivity index (χ3n) is 4.30. The Morgan fingerprint density at radius 2 is 2.10 bits per heavy atom. The van der Waals surface area contributed by atoms with Crippen molar-refractivity contribution < 1.29 is 4.74 Å². The van der Waals surface area contributed by atoms with Crippen molar-refractivity contribution in [3.63, 3.8) is 0 Å². The topological polar surface area (TPSA) is 37.4 Å². The van der Waals surface area contributed by atoms with Gasteiger partial charge < -0.3 is 15.0 Å². The first-order valence-electron chi connectivity index (χ1n) is 7.62. The Bertz CT molecular complexity index is 608. The van der Waals surface area contributed by atoms with Gasteiger partial charge in [-0.2, -0.15) is 0 Å². The number of hydrogen-bond donors (Lipinski definition) is 1. The summed E-state index contributed by atoms with van der Waals surface area (Å²) in [6.07, 6.45) is 4.39. The molecular weight excluding hydrogens is 262 g/mol. The smallest absolute Gasteiger partial charge is 0.136 e. The normalized spacial score (nSPS) is 16.1. The van der Waals surface area contributed by atoms with Gasteiger partial charge in [0.1, 0.15) is 11.6 Å². The number of ether oxygens (including phenoxy) is 1. The zero-order valence-corrected chi connectivity index (χ0v) is 12.8. The number of methoxy groups -OCH3 is 1. The van der Waals surface area contributed by atoms with Crippen molar-refractivity contribution in [1.29, 1.82) is 0 Å². The monoisotopic (exact) mass is 285 g/mol. The molecule has 21 heavy (non-hydrogen) atoms. The zero-order valence-electron chi connectivity index (χ0n) is 12.8. The van der Waals surface area contributed by atoms with Gasteiger partial charge in [0.2, 0.25) is 0 Å². The maximum atomic E-state index is 5.35. The lowest BCUT2D eigenvalue weighted by molar-refractivity contribution is 0.377. The van der Waals surface area contributed by atoms with Gasteiger partial charge in [0.15, 0.2) is 0 Å². The summed E-state index contributed by atoms with van der Waals surface area (Å²) in [7, 11) is 3.85. The van der Waals surface area contributed by atoms with Crippen LogP contribution in [0.25, 0.3) is 10.8 Å². The second-order valence-electron chi connectivity index (χ2n) is 5.80. The molecule has 2 heterocycles. The van der Waals surface area contributed by atoms with Gasteiger partial charge in [-0.25, -0.2) is 4.98 Å². The van der Waals surface area contributed by atoms with Crippen LogP contribution < -0.4 is 15.0 Å². The molecule has 1 fully saturated rings. The first kappa shape index (κ1) is 14.1. The number of benzene rings is 1. The Kier molecular flexibility index (Phi) is 4.25. The summed E-state index contributed by atoms with van der Waals surface area (Å²) >= 11 is 0. The van der Waals surface area contributed by atoms with Crippen molar-refractivity contribution in [2.45, 2.75) is 12.8 Å². The SMILES string of the molecule is COc1ccc2ccnc(N(C)CC3CCNCC3)c2c1. The number of rotatable bonds is 4. The van der Waals surface area contributed by atoms with Crippen LogP contribution in [0.2, 0.25) is 0 Å². The fraction of sp³-hybridized carbons (Fsp3) is 0.471. The van der Waals surface area contributed by atoms with Crippen molar-refractivity contribution in [2.24, 2.45) is 5.92 Å². The highest BCUT2D eigenvalue weighted by Crippen LogP contribution is 2.28. The molecule has 1 aliphatic heterocycles. The maximum absolute atomic E-state index is 5.35. The quantitative estimate of drug-likeness (QED) is 0.937. The summed E-state index contributed by atoms with van der Waals surface area (Å²) < 4.78 is 5.35. The van der Waals surface area contributed by atoms with Crippen molar-refractivity contribution in [3.05, 3.63) is 30.5 Å². The van der Waals surface area contributed by atoms with E-state index < -0.39 is 0 Å². The highest BCUT2D eigenvalue weighted by molar-refractivity contribution is 5.93. The lowest BCUT2D eigenvalue weighted by Gasteiger charge is -2.28. The van der Waals surface area contributed by atoms with Crippen LogP contribution in [-0.2, 0) is 0 Å². The van der Waals surface area contributed by atoms with Crippen molar-refractivity contribution in [1.82, 2.24) is 10.3 Å². The minimum atomic E-state index is 0.749. The molecule has 0 atom stereocenters. The molecule has 0 radical (unpaired) electrons. The fourth-order valence-electron chi connectivity index (χ4n) is 3.10. The van der Waals surface area contributed by atoms with E-state index in [9.17, 15) is 0 Å². The molecule has 0 unspecified atom stereocenters. The Labute approximate surface area is 126 Å². The van der Waals surface area contributed by atoms with Gasteiger partial charge in [-0.15, -0.1) is 0 Å². The molecule has 1 aromatic carbocycles. The third kappa shape index (κ3) is 3.10. The van der Waals surface area contributed by atoms with E-state index in [2.05, 4.69) is 40.4 Å². The van der Waals surface area contributed by atoms with Gasteiger partial charge >= 0.3 is 0 Å². The van der Waals surface area contributed by atoms with Crippen molar-refractivity contribution >= 4 is 16.6 Å². The number of anilines is 1. The van der Waals surface area contributed by atoms with Crippen LogP contribution in [-0.4, -0.2) is 38.8 Å².